The van der Waals surface area contributed by atoms with Crippen LogP contribution in [0, 0.1) is 0 Å². The van der Waals surface area contributed by atoms with Gasteiger partial charge in [0.1, 0.15) is 5.75 Å². The second kappa shape index (κ2) is 11.3. The Morgan fingerprint density at radius 3 is 2.63 bits per heavy atom. The van der Waals surface area contributed by atoms with Crippen LogP contribution >= 0.6 is 0 Å². The van der Waals surface area contributed by atoms with Crippen molar-refractivity contribution in [3.63, 3.8) is 0 Å². The molecule has 3 atom stereocenters. The number of fused-ring (bicyclic) bond motifs is 8. The fraction of sp³-hybridized carbons (Fsp3) is 0.750. The first-order chi connectivity index (χ1) is 16.8. The van der Waals surface area contributed by atoms with Gasteiger partial charge in [0, 0.05) is 36.6 Å². The van der Waals surface area contributed by atoms with Gasteiger partial charge in [0.25, 0.3) is 0 Å². The van der Waals surface area contributed by atoms with Gasteiger partial charge in [0.2, 0.25) is 15.9 Å². The summed E-state index contributed by atoms with van der Waals surface area (Å²) in [6.07, 6.45) is 4.16. The summed E-state index contributed by atoms with van der Waals surface area (Å²) in [5, 5.41) is 0. The molecule has 3 unspecified atom stereocenters. The Morgan fingerprint density at radius 2 is 1.91 bits per heavy atom. The number of carbonyl (C=O) groups is 1. The van der Waals surface area contributed by atoms with E-state index in [1.54, 1.807) is 25.0 Å². The monoisotopic (exact) mass is 511 g/mol. The van der Waals surface area contributed by atoms with Crippen molar-refractivity contribution in [1.29, 1.82) is 0 Å². The number of aromatic nitrogens is 1. The minimum atomic E-state index is -3.43. The van der Waals surface area contributed by atoms with Gasteiger partial charge in [0.15, 0.2) is 0 Å². The summed E-state index contributed by atoms with van der Waals surface area (Å²) >= 11 is 0. The second-order valence-corrected chi connectivity index (χ2v) is 11.6. The van der Waals surface area contributed by atoms with Gasteiger partial charge < -0.3 is 18.9 Å². The number of ether oxygens (including phenoxy) is 4. The number of hydrogen-bond acceptors (Lipinski definition) is 8. The summed E-state index contributed by atoms with van der Waals surface area (Å²) in [5.41, 5.74) is 0.957. The van der Waals surface area contributed by atoms with Gasteiger partial charge >= 0.3 is 6.09 Å². The normalized spacial score (nSPS) is 30.2. The highest BCUT2D eigenvalue weighted by molar-refractivity contribution is 7.89. The number of sulfonamides is 1. The fourth-order valence-electron chi connectivity index (χ4n) is 5.24. The van der Waals surface area contributed by atoms with Gasteiger partial charge in [0.05, 0.1) is 50.5 Å². The van der Waals surface area contributed by atoms with Crippen LogP contribution < -0.4 is 14.2 Å². The van der Waals surface area contributed by atoms with Crippen molar-refractivity contribution < 1.29 is 32.2 Å². The van der Waals surface area contributed by atoms with E-state index < -0.39 is 28.2 Å². The van der Waals surface area contributed by atoms with Crippen molar-refractivity contribution in [1.82, 2.24) is 14.6 Å². The van der Waals surface area contributed by atoms with E-state index >= 15 is 0 Å². The van der Waals surface area contributed by atoms with Gasteiger partial charge in [-0.3, -0.25) is 4.90 Å². The van der Waals surface area contributed by atoms with Gasteiger partial charge in [-0.05, 0) is 46.0 Å². The maximum Gasteiger partial charge on any atom is 0.410 e. The van der Waals surface area contributed by atoms with Crippen molar-refractivity contribution >= 4 is 16.1 Å². The smallest absolute Gasteiger partial charge is 0.410 e. The zero-order valence-corrected chi connectivity index (χ0v) is 21.6. The molecule has 3 aliphatic heterocycles. The van der Waals surface area contributed by atoms with E-state index in [-0.39, 0.29) is 31.1 Å². The largest absolute Gasteiger partial charge is 0.496 e. The zero-order chi connectivity index (χ0) is 25.0. The Labute approximate surface area is 207 Å². The van der Waals surface area contributed by atoms with Gasteiger partial charge in [-0.15, -0.1) is 0 Å². The topological polar surface area (TPSA) is 116 Å². The number of nitrogens with zero attached hydrogens (tertiary/aromatic N) is 2. The number of pyridine rings is 1. The second-order valence-electron chi connectivity index (χ2n) is 9.58. The molecule has 1 aliphatic carbocycles. The van der Waals surface area contributed by atoms with Crippen molar-refractivity contribution in [2.75, 3.05) is 32.7 Å². The Kier molecular flexibility index (Phi) is 8.38. The summed E-state index contributed by atoms with van der Waals surface area (Å²) in [5.74, 6) is 1.50. The summed E-state index contributed by atoms with van der Waals surface area (Å²) in [6.45, 7) is 4.31. The van der Waals surface area contributed by atoms with Crippen LogP contribution in [0.5, 0.6) is 11.6 Å². The predicted molar refractivity (Wildman–Crippen MR) is 129 cm³/mol. The third-order valence-electron chi connectivity index (χ3n) is 7.20. The number of amides is 1. The van der Waals surface area contributed by atoms with Crippen molar-refractivity contribution in [2.24, 2.45) is 0 Å². The highest BCUT2D eigenvalue weighted by atomic mass is 32.2. The molecule has 4 aliphatic rings. The molecule has 1 aromatic heterocycles. The van der Waals surface area contributed by atoms with Crippen LogP contribution in [0.15, 0.2) is 12.1 Å². The molecule has 2 fully saturated rings. The minimum Gasteiger partial charge on any atom is -0.496 e. The molecule has 1 aromatic rings. The van der Waals surface area contributed by atoms with Crippen LogP contribution in [0.25, 0.3) is 0 Å². The quantitative estimate of drug-likeness (QED) is 0.656. The lowest BCUT2D eigenvalue weighted by molar-refractivity contribution is -0.0107. The van der Waals surface area contributed by atoms with Crippen molar-refractivity contribution in [2.45, 2.75) is 82.5 Å². The molecule has 4 bridgehead atoms. The van der Waals surface area contributed by atoms with E-state index in [9.17, 15) is 13.2 Å². The van der Waals surface area contributed by atoms with Crippen LogP contribution in [0.2, 0.25) is 0 Å². The van der Waals surface area contributed by atoms with Crippen LogP contribution in [0.4, 0.5) is 4.79 Å². The van der Waals surface area contributed by atoms with E-state index in [0.29, 0.717) is 37.0 Å². The molecule has 0 spiro atoms. The number of rotatable bonds is 4. The molecule has 196 valence electrons. The molecular formula is C24H37N3O7S. The molecule has 10 nitrogen and oxygen atoms in total. The van der Waals surface area contributed by atoms with Gasteiger partial charge in [-0.1, -0.05) is 0 Å². The molecule has 35 heavy (non-hydrogen) atoms. The predicted octanol–water partition coefficient (Wildman–Crippen LogP) is 2.82. The van der Waals surface area contributed by atoms with E-state index in [1.165, 1.54) is 0 Å². The maximum atomic E-state index is 13.0. The lowest BCUT2D eigenvalue weighted by Crippen LogP contribution is -2.51. The molecule has 1 N–H and O–H groups in total. The number of hydrogen-bond donors (Lipinski definition) is 1. The lowest BCUT2D eigenvalue weighted by Gasteiger charge is -2.33. The van der Waals surface area contributed by atoms with E-state index in [1.807, 2.05) is 13.0 Å². The standard InChI is InChI=1S/C24H37N3O7S/c1-4-35(29,30)26-21-12-16(2)27-22(21)15-34-18-8-6-17(7-9-18)20-13-19(31-3)14-23(25-20)32-10-5-11-33-24(27)28/h13-14,16-18,21-22,26H,4-12,15H2,1-3H3. The third kappa shape index (κ3) is 6.37. The van der Waals surface area contributed by atoms with Gasteiger partial charge in [-0.2, -0.15) is 0 Å². The molecule has 1 amide bonds. The molecule has 1 saturated heterocycles. The number of carbonyl (C=O) groups excluding carboxylic acids is 1. The first-order valence-corrected chi connectivity index (χ1v) is 14.2. The lowest BCUT2D eigenvalue weighted by atomic mass is 9.85. The first-order valence-electron chi connectivity index (χ1n) is 12.5. The maximum absolute atomic E-state index is 13.0. The fourth-order valence-corrected chi connectivity index (χ4v) is 6.12. The highest BCUT2D eigenvalue weighted by Crippen LogP contribution is 2.36. The molecular weight excluding hydrogens is 474 g/mol. The molecule has 5 rings (SSSR count). The molecule has 0 radical (unpaired) electrons. The summed E-state index contributed by atoms with van der Waals surface area (Å²) in [4.78, 5) is 19.4. The van der Waals surface area contributed by atoms with E-state index in [4.69, 9.17) is 23.9 Å². The average Bonchev–Trinajstić information content (AvgIpc) is 3.15. The number of nitrogens with one attached hydrogen (secondary N) is 1. The highest BCUT2D eigenvalue weighted by Gasteiger charge is 2.44. The summed E-state index contributed by atoms with van der Waals surface area (Å²) in [7, 11) is -1.80. The summed E-state index contributed by atoms with van der Waals surface area (Å²) < 4.78 is 50.5. The molecule has 11 heteroatoms. The molecule has 4 heterocycles. The van der Waals surface area contributed by atoms with E-state index in [0.717, 1.165) is 31.4 Å². The van der Waals surface area contributed by atoms with Crippen LogP contribution in [-0.2, 0) is 19.5 Å². The number of methoxy groups -OCH3 is 1. The first kappa shape index (κ1) is 26.0. The van der Waals surface area contributed by atoms with Crippen LogP contribution in [-0.4, -0.2) is 81.3 Å². The zero-order valence-electron chi connectivity index (χ0n) is 20.8. The molecule has 0 aromatic carbocycles. The Bertz CT molecular complexity index is 981. The summed E-state index contributed by atoms with van der Waals surface area (Å²) in [6, 6.07) is 2.73. The molecule has 1 saturated carbocycles. The van der Waals surface area contributed by atoms with Crippen molar-refractivity contribution in [3.05, 3.63) is 17.8 Å². The Morgan fingerprint density at radius 1 is 1.17 bits per heavy atom. The van der Waals surface area contributed by atoms with Crippen molar-refractivity contribution in [3.8, 4) is 11.6 Å². The Hall–Kier alpha value is -2.11. The third-order valence-corrected chi connectivity index (χ3v) is 8.63. The van der Waals surface area contributed by atoms with E-state index in [2.05, 4.69) is 4.72 Å². The van der Waals surface area contributed by atoms with Gasteiger partial charge in [-0.25, -0.2) is 22.9 Å². The van der Waals surface area contributed by atoms with Crippen LogP contribution in [0.1, 0.15) is 64.0 Å². The Balaban J connectivity index is 1.53. The average molecular weight is 512 g/mol. The minimum absolute atomic E-state index is 0.0144. The van der Waals surface area contributed by atoms with Crippen LogP contribution in [0.3, 0.4) is 0 Å². The SMILES string of the molecule is CCS(=O)(=O)NC1CC(C)N2C(=O)OCCCOc3cc(OC)cc(n3)C3CCC(CC3)OCC12.